The molecular formula is C16H22N4O6. The SMILES string of the molecule is CC1CN(C(=O)OC(C)(C)C)CCN1c1ccc([N+](=O)[O-])c([N+](=O)[O-])c1. The summed E-state index contributed by atoms with van der Waals surface area (Å²) in [5.74, 6) is 0. The van der Waals surface area contributed by atoms with Crippen molar-refractivity contribution in [3.63, 3.8) is 0 Å². The summed E-state index contributed by atoms with van der Waals surface area (Å²) in [6.07, 6.45) is -0.404. The summed E-state index contributed by atoms with van der Waals surface area (Å²) >= 11 is 0. The zero-order chi connectivity index (χ0) is 19.6. The summed E-state index contributed by atoms with van der Waals surface area (Å²) < 4.78 is 5.36. The van der Waals surface area contributed by atoms with Gasteiger partial charge in [-0.2, -0.15) is 0 Å². The highest BCUT2D eigenvalue weighted by Gasteiger charge is 2.32. The fourth-order valence-corrected chi connectivity index (χ4v) is 2.82. The smallest absolute Gasteiger partial charge is 0.410 e. The molecule has 1 aromatic rings. The first-order valence-electron chi connectivity index (χ1n) is 8.17. The van der Waals surface area contributed by atoms with E-state index in [1.807, 2.05) is 11.8 Å². The predicted molar refractivity (Wildman–Crippen MR) is 94.4 cm³/mol. The maximum Gasteiger partial charge on any atom is 0.410 e. The molecule has 1 heterocycles. The first kappa shape index (κ1) is 19.4. The molecule has 1 aliphatic heterocycles. The maximum atomic E-state index is 12.2. The molecule has 0 saturated carbocycles. The Morgan fingerprint density at radius 3 is 2.27 bits per heavy atom. The van der Waals surface area contributed by atoms with Gasteiger partial charge < -0.3 is 14.5 Å². The molecule has 0 bridgehead atoms. The number of rotatable bonds is 3. The number of carbonyl (C=O) groups excluding carboxylic acids is 1. The Labute approximate surface area is 150 Å². The average Bonchev–Trinajstić information content (AvgIpc) is 2.52. The molecule has 26 heavy (non-hydrogen) atoms. The summed E-state index contributed by atoms with van der Waals surface area (Å²) in [7, 11) is 0. The van der Waals surface area contributed by atoms with E-state index in [9.17, 15) is 25.0 Å². The van der Waals surface area contributed by atoms with E-state index in [2.05, 4.69) is 0 Å². The number of hydrogen-bond donors (Lipinski definition) is 0. The molecule has 0 aliphatic carbocycles. The molecule has 0 radical (unpaired) electrons. The van der Waals surface area contributed by atoms with Crippen molar-refractivity contribution in [1.82, 2.24) is 4.90 Å². The molecule has 0 aromatic heterocycles. The third-order valence-corrected chi connectivity index (χ3v) is 3.96. The summed E-state index contributed by atoms with van der Waals surface area (Å²) in [4.78, 5) is 36.2. The van der Waals surface area contributed by atoms with Crippen molar-refractivity contribution in [3.05, 3.63) is 38.4 Å². The fourth-order valence-electron chi connectivity index (χ4n) is 2.82. The first-order chi connectivity index (χ1) is 12.0. The highest BCUT2D eigenvalue weighted by molar-refractivity contribution is 5.69. The lowest BCUT2D eigenvalue weighted by Gasteiger charge is -2.41. The van der Waals surface area contributed by atoms with Gasteiger partial charge in [-0.05, 0) is 33.8 Å². The van der Waals surface area contributed by atoms with Gasteiger partial charge in [-0.3, -0.25) is 20.2 Å². The van der Waals surface area contributed by atoms with Crippen LogP contribution < -0.4 is 4.90 Å². The molecule has 1 saturated heterocycles. The lowest BCUT2D eigenvalue weighted by Crippen LogP contribution is -2.54. The Morgan fingerprint density at radius 2 is 1.77 bits per heavy atom. The molecule has 0 spiro atoms. The molecule has 1 amide bonds. The number of nitro benzene ring substituents is 2. The number of amides is 1. The second kappa shape index (κ2) is 7.14. The van der Waals surface area contributed by atoms with Crippen molar-refractivity contribution in [2.75, 3.05) is 24.5 Å². The molecule has 1 unspecified atom stereocenters. The maximum absolute atomic E-state index is 12.2. The zero-order valence-corrected chi connectivity index (χ0v) is 15.2. The fraction of sp³-hybridized carbons (Fsp3) is 0.562. The molecule has 0 N–H and O–H groups in total. The van der Waals surface area contributed by atoms with Gasteiger partial charge in [-0.1, -0.05) is 0 Å². The third-order valence-electron chi connectivity index (χ3n) is 3.96. The minimum absolute atomic E-state index is 0.127. The van der Waals surface area contributed by atoms with Crippen LogP contribution in [-0.2, 0) is 4.74 Å². The Bertz CT molecular complexity index is 730. The van der Waals surface area contributed by atoms with Crippen LogP contribution in [-0.4, -0.2) is 52.1 Å². The molecule has 1 fully saturated rings. The van der Waals surface area contributed by atoms with Gasteiger partial charge in [0.2, 0.25) is 0 Å². The van der Waals surface area contributed by atoms with Crippen LogP contribution in [0.5, 0.6) is 0 Å². The van der Waals surface area contributed by atoms with Gasteiger partial charge in [0.1, 0.15) is 5.60 Å². The number of piperazine rings is 1. The van der Waals surface area contributed by atoms with E-state index in [-0.39, 0.29) is 6.04 Å². The molecule has 1 aliphatic rings. The van der Waals surface area contributed by atoms with E-state index in [0.29, 0.717) is 25.3 Å². The second-order valence-corrected chi connectivity index (χ2v) is 7.16. The van der Waals surface area contributed by atoms with E-state index < -0.39 is 32.9 Å². The van der Waals surface area contributed by atoms with Crippen molar-refractivity contribution in [2.45, 2.75) is 39.3 Å². The molecule has 142 valence electrons. The summed E-state index contributed by atoms with van der Waals surface area (Å²) in [5.41, 5.74) is -1.16. The number of hydrogen-bond acceptors (Lipinski definition) is 7. The lowest BCUT2D eigenvalue weighted by atomic mass is 10.1. The molecule has 1 aromatic carbocycles. The van der Waals surface area contributed by atoms with Crippen molar-refractivity contribution in [2.24, 2.45) is 0 Å². The van der Waals surface area contributed by atoms with Gasteiger partial charge in [0.05, 0.1) is 9.85 Å². The van der Waals surface area contributed by atoms with Crippen molar-refractivity contribution in [1.29, 1.82) is 0 Å². The Kier molecular flexibility index (Phi) is 5.33. The third kappa shape index (κ3) is 4.38. The van der Waals surface area contributed by atoms with Crippen LogP contribution >= 0.6 is 0 Å². The largest absolute Gasteiger partial charge is 0.444 e. The molecule has 2 rings (SSSR count). The minimum Gasteiger partial charge on any atom is -0.444 e. The number of nitrogens with zero attached hydrogens (tertiary/aromatic N) is 4. The van der Waals surface area contributed by atoms with E-state index in [1.54, 1.807) is 25.7 Å². The Hall–Kier alpha value is -2.91. The molecular weight excluding hydrogens is 344 g/mol. The van der Waals surface area contributed by atoms with Crippen LogP contribution in [0.15, 0.2) is 18.2 Å². The minimum atomic E-state index is -0.772. The predicted octanol–water partition coefficient (Wildman–Crippen LogP) is 2.95. The van der Waals surface area contributed by atoms with E-state index in [1.165, 1.54) is 12.1 Å². The molecule has 10 heteroatoms. The van der Waals surface area contributed by atoms with Crippen LogP contribution in [0.4, 0.5) is 21.9 Å². The van der Waals surface area contributed by atoms with Gasteiger partial charge >= 0.3 is 17.5 Å². The number of nitro groups is 2. The van der Waals surface area contributed by atoms with Gasteiger partial charge in [0.25, 0.3) is 0 Å². The van der Waals surface area contributed by atoms with Gasteiger partial charge in [-0.25, -0.2) is 4.79 Å². The quantitative estimate of drug-likeness (QED) is 0.596. The van der Waals surface area contributed by atoms with Crippen LogP contribution in [0.1, 0.15) is 27.7 Å². The normalized spacial score (nSPS) is 17.8. The number of benzene rings is 1. The zero-order valence-electron chi connectivity index (χ0n) is 15.2. The number of carbonyl (C=O) groups is 1. The van der Waals surface area contributed by atoms with Gasteiger partial charge in [0.15, 0.2) is 0 Å². The van der Waals surface area contributed by atoms with E-state index in [0.717, 1.165) is 6.07 Å². The van der Waals surface area contributed by atoms with E-state index >= 15 is 0 Å². The highest BCUT2D eigenvalue weighted by Crippen LogP contribution is 2.32. The first-order valence-corrected chi connectivity index (χ1v) is 8.17. The van der Waals surface area contributed by atoms with Crippen molar-refractivity contribution < 1.29 is 19.4 Å². The topological polar surface area (TPSA) is 119 Å². The monoisotopic (exact) mass is 366 g/mol. The van der Waals surface area contributed by atoms with Gasteiger partial charge in [0, 0.05) is 43.5 Å². The average molecular weight is 366 g/mol. The van der Waals surface area contributed by atoms with Crippen molar-refractivity contribution >= 4 is 23.2 Å². The van der Waals surface area contributed by atoms with Gasteiger partial charge in [-0.15, -0.1) is 0 Å². The number of anilines is 1. The molecule has 1 atom stereocenters. The van der Waals surface area contributed by atoms with Crippen LogP contribution in [0.2, 0.25) is 0 Å². The lowest BCUT2D eigenvalue weighted by molar-refractivity contribution is -0.422. The van der Waals surface area contributed by atoms with Crippen molar-refractivity contribution in [3.8, 4) is 0 Å². The van der Waals surface area contributed by atoms with Crippen LogP contribution in [0.3, 0.4) is 0 Å². The second-order valence-electron chi connectivity index (χ2n) is 7.16. The summed E-state index contributed by atoms with van der Waals surface area (Å²) in [6, 6.07) is 3.71. The van der Waals surface area contributed by atoms with E-state index in [4.69, 9.17) is 4.74 Å². The van der Waals surface area contributed by atoms with Crippen LogP contribution in [0, 0.1) is 20.2 Å². The summed E-state index contributed by atoms with van der Waals surface area (Å²) in [5, 5.41) is 22.1. The summed E-state index contributed by atoms with van der Waals surface area (Å²) in [6.45, 7) is 8.48. The molecule has 10 nitrogen and oxygen atoms in total. The Balaban J connectivity index is 2.17. The highest BCUT2D eigenvalue weighted by atomic mass is 16.6. The Morgan fingerprint density at radius 1 is 1.15 bits per heavy atom. The van der Waals surface area contributed by atoms with Crippen LogP contribution in [0.25, 0.3) is 0 Å². The number of ether oxygens (including phenoxy) is 1. The standard InChI is InChI=1S/C16H22N4O6/c1-11-10-17(15(21)26-16(2,3)4)7-8-18(11)12-5-6-13(19(22)23)14(9-12)20(24)25/h5-6,9,11H,7-8,10H2,1-4H3.